The molecule has 0 saturated carbocycles. The molecule has 0 aromatic carbocycles. The van der Waals surface area contributed by atoms with Crippen molar-refractivity contribution in [3.63, 3.8) is 0 Å². The Hall–Kier alpha value is -1.10. The van der Waals surface area contributed by atoms with Gasteiger partial charge in [0.05, 0.1) is 8.07 Å². The van der Waals surface area contributed by atoms with E-state index in [0.29, 0.717) is 0 Å². The second-order valence-corrected chi connectivity index (χ2v) is 9.94. The van der Waals surface area contributed by atoms with Gasteiger partial charge in [0.15, 0.2) is 0 Å². The van der Waals surface area contributed by atoms with E-state index in [9.17, 15) is 9.59 Å². The molecule has 0 spiro atoms. The van der Waals surface area contributed by atoms with Crippen LogP contribution in [0.4, 0.5) is 0 Å². The molecule has 15 heavy (non-hydrogen) atoms. The smallest absolute Gasteiger partial charge is 0.328 e. The molecule has 1 amide bonds. The molecule has 0 heterocycles. The number of carbonyl (C=O) groups excluding carboxylic acids is 1. The molecule has 0 aromatic rings. The van der Waals surface area contributed by atoms with E-state index in [-0.39, 0.29) is 11.6 Å². The highest BCUT2D eigenvalue weighted by Gasteiger charge is 2.25. The van der Waals surface area contributed by atoms with Gasteiger partial charge < -0.3 is 10.4 Å². The molecule has 2 N–H and O–H groups in total. The average Bonchev–Trinajstić information content (AvgIpc) is 2.08. The van der Waals surface area contributed by atoms with Gasteiger partial charge in [-0.3, -0.25) is 4.79 Å². The largest absolute Gasteiger partial charge is 0.478 e. The summed E-state index contributed by atoms with van der Waals surface area (Å²) in [4.78, 5) is 21.5. The predicted molar refractivity (Wildman–Crippen MR) is 62.3 cm³/mol. The summed E-state index contributed by atoms with van der Waals surface area (Å²) in [5, 5.41) is 11.2. The fraction of sp³-hybridized carbons (Fsp3) is 0.600. The van der Waals surface area contributed by atoms with E-state index in [0.717, 1.165) is 18.6 Å². The molecule has 86 valence electrons. The molecule has 1 unspecified atom stereocenters. The van der Waals surface area contributed by atoms with Crippen LogP contribution in [-0.2, 0) is 9.59 Å². The summed E-state index contributed by atoms with van der Waals surface area (Å²) in [6.07, 6.45) is 2.79. The Balaban J connectivity index is 4.32. The molecular formula is C10H19NO3Si. The maximum absolute atomic E-state index is 11.3. The lowest BCUT2D eigenvalue weighted by Gasteiger charge is -2.28. The first-order valence-corrected chi connectivity index (χ1v) is 8.56. The molecule has 0 aliphatic heterocycles. The van der Waals surface area contributed by atoms with E-state index in [1.165, 1.54) is 0 Å². The zero-order valence-electron chi connectivity index (χ0n) is 9.70. The van der Waals surface area contributed by atoms with Crippen LogP contribution in [0.25, 0.3) is 0 Å². The Labute approximate surface area is 91.4 Å². The molecule has 0 rings (SSSR count). The summed E-state index contributed by atoms with van der Waals surface area (Å²) in [5.74, 6) is -1.43. The van der Waals surface area contributed by atoms with Gasteiger partial charge >= 0.3 is 5.97 Å². The molecule has 0 aliphatic rings. The minimum Gasteiger partial charge on any atom is -0.478 e. The first-order chi connectivity index (χ1) is 6.77. The SMILES string of the molecule is CCC(NC(=O)C=CC(=O)O)[Si](C)(C)C. The Morgan fingerprint density at radius 3 is 2.20 bits per heavy atom. The van der Waals surface area contributed by atoms with Crippen molar-refractivity contribution in [3.05, 3.63) is 12.2 Å². The molecule has 0 bridgehead atoms. The van der Waals surface area contributed by atoms with E-state index in [4.69, 9.17) is 5.11 Å². The lowest BCUT2D eigenvalue weighted by atomic mass is 10.4. The third-order valence-electron chi connectivity index (χ3n) is 2.15. The summed E-state index contributed by atoms with van der Waals surface area (Å²) in [7, 11) is -1.42. The first-order valence-electron chi connectivity index (χ1n) is 4.99. The number of nitrogens with one attached hydrogen (secondary N) is 1. The number of hydrogen-bond donors (Lipinski definition) is 2. The summed E-state index contributed by atoms with van der Waals surface area (Å²) in [6.45, 7) is 8.52. The van der Waals surface area contributed by atoms with E-state index < -0.39 is 14.0 Å². The van der Waals surface area contributed by atoms with Crippen molar-refractivity contribution in [2.24, 2.45) is 0 Å². The highest BCUT2D eigenvalue weighted by atomic mass is 28.3. The van der Waals surface area contributed by atoms with Gasteiger partial charge in [-0.05, 0) is 6.42 Å². The van der Waals surface area contributed by atoms with Gasteiger partial charge in [-0.2, -0.15) is 0 Å². The summed E-state index contributed by atoms with van der Waals surface area (Å²) in [6, 6.07) is 0. The summed E-state index contributed by atoms with van der Waals surface area (Å²) >= 11 is 0. The average molecular weight is 229 g/mol. The van der Waals surface area contributed by atoms with Crippen LogP contribution in [0.5, 0.6) is 0 Å². The summed E-state index contributed by atoms with van der Waals surface area (Å²) < 4.78 is 0. The van der Waals surface area contributed by atoms with Crippen molar-refractivity contribution in [1.82, 2.24) is 5.32 Å². The van der Waals surface area contributed by atoms with Gasteiger partial charge in [0.2, 0.25) is 5.91 Å². The first kappa shape index (κ1) is 13.9. The van der Waals surface area contributed by atoms with Crippen LogP contribution in [0.3, 0.4) is 0 Å². The standard InChI is InChI=1S/C10H19NO3Si/c1-5-9(15(2,3)4)11-8(12)6-7-10(13)14/h6-7,9H,5H2,1-4H3,(H,11,12)(H,13,14). The number of amides is 1. The Bertz CT molecular complexity index is 268. The van der Waals surface area contributed by atoms with Crippen LogP contribution in [-0.4, -0.2) is 30.7 Å². The monoisotopic (exact) mass is 229 g/mol. The lowest BCUT2D eigenvalue weighted by molar-refractivity contribution is -0.131. The van der Waals surface area contributed by atoms with Gasteiger partial charge in [0, 0.05) is 17.8 Å². The van der Waals surface area contributed by atoms with Crippen LogP contribution in [0.1, 0.15) is 13.3 Å². The minimum atomic E-state index is -1.42. The second kappa shape index (κ2) is 5.70. The summed E-state index contributed by atoms with van der Waals surface area (Å²) in [5.41, 5.74) is 0.184. The Kier molecular flexibility index (Phi) is 5.28. The lowest BCUT2D eigenvalue weighted by Crippen LogP contribution is -2.50. The van der Waals surface area contributed by atoms with Gasteiger partial charge in [0.1, 0.15) is 0 Å². The minimum absolute atomic E-state index is 0.184. The van der Waals surface area contributed by atoms with E-state index in [1.54, 1.807) is 0 Å². The molecular weight excluding hydrogens is 210 g/mol. The van der Waals surface area contributed by atoms with Gasteiger partial charge in [-0.1, -0.05) is 26.6 Å². The van der Waals surface area contributed by atoms with Crippen molar-refractivity contribution in [1.29, 1.82) is 0 Å². The third-order valence-corrected chi connectivity index (χ3v) is 4.79. The van der Waals surface area contributed by atoms with E-state index in [2.05, 4.69) is 25.0 Å². The number of hydrogen-bond acceptors (Lipinski definition) is 2. The number of carbonyl (C=O) groups is 2. The quantitative estimate of drug-likeness (QED) is 0.553. The van der Waals surface area contributed by atoms with Crippen molar-refractivity contribution < 1.29 is 14.7 Å². The normalized spacial score (nSPS) is 13.9. The zero-order valence-corrected chi connectivity index (χ0v) is 10.7. The van der Waals surface area contributed by atoms with E-state index in [1.807, 2.05) is 6.92 Å². The van der Waals surface area contributed by atoms with E-state index >= 15 is 0 Å². The molecule has 4 nitrogen and oxygen atoms in total. The molecule has 0 radical (unpaired) electrons. The Morgan fingerprint density at radius 2 is 1.87 bits per heavy atom. The fourth-order valence-corrected chi connectivity index (χ4v) is 3.10. The van der Waals surface area contributed by atoms with Gasteiger partial charge in [-0.25, -0.2) is 4.79 Å². The highest BCUT2D eigenvalue weighted by molar-refractivity contribution is 6.77. The zero-order chi connectivity index (χ0) is 12.1. The molecule has 0 saturated heterocycles. The molecule has 0 aromatic heterocycles. The molecule has 0 aliphatic carbocycles. The Morgan fingerprint density at radius 1 is 1.33 bits per heavy atom. The van der Waals surface area contributed by atoms with Crippen LogP contribution in [0.15, 0.2) is 12.2 Å². The number of aliphatic carboxylic acids is 1. The molecule has 5 heteroatoms. The van der Waals surface area contributed by atoms with Crippen LogP contribution in [0, 0.1) is 0 Å². The number of carboxylic acid groups (broad SMARTS) is 1. The van der Waals surface area contributed by atoms with Crippen LogP contribution in [0.2, 0.25) is 19.6 Å². The fourth-order valence-electron chi connectivity index (χ4n) is 1.30. The molecule has 1 atom stereocenters. The van der Waals surface area contributed by atoms with Crippen LogP contribution >= 0.6 is 0 Å². The number of rotatable bonds is 5. The van der Waals surface area contributed by atoms with Gasteiger partial charge in [0.25, 0.3) is 0 Å². The van der Waals surface area contributed by atoms with Crippen molar-refractivity contribution in [2.75, 3.05) is 0 Å². The maximum Gasteiger partial charge on any atom is 0.328 e. The second-order valence-electron chi connectivity index (χ2n) is 4.51. The molecule has 0 fully saturated rings. The topological polar surface area (TPSA) is 66.4 Å². The van der Waals surface area contributed by atoms with Crippen LogP contribution < -0.4 is 5.32 Å². The van der Waals surface area contributed by atoms with Crippen molar-refractivity contribution in [2.45, 2.75) is 38.7 Å². The highest BCUT2D eigenvalue weighted by Crippen LogP contribution is 2.10. The predicted octanol–water partition coefficient (Wildman–Crippen LogP) is 1.40. The van der Waals surface area contributed by atoms with Gasteiger partial charge in [-0.15, -0.1) is 0 Å². The van der Waals surface area contributed by atoms with Crippen molar-refractivity contribution >= 4 is 20.0 Å². The number of carboxylic acids is 1. The van der Waals surface area contributed by atoms with Crippen molar-refractivity contribution in [3.8, 4) is 0 Å². The third kappa shape index (κ3) is 6.06. The maximum atomic E-state index is 11.3.